The van der Waals surface area contributed by atoms with Gasteiger partial charge in [0, 0.05) is 30.2 Å². The summed E-state index contributed by atoms with van der Waals surface area (Å²) >= 11 is 6.07. The molecule has 2 heterocycles. The summed E-state index contributed by atoms with van der Waals surface area (Å²) < 4.78 is 29.4. The zero-order chi connectivity index (χ0) is 20.1. The predicted molar refractivity (Wildman–Crippen MR) is 106 cm³/mol. The third-order valence-corrected chi connectivity index (χ3v) is 7.53. The van der Waals surface area contributed by atoms with Crippen molar-refractivity contribution in [3.63, 3.8) is 0 Å². The van der Waals surface area contributed by atoms with Gasteiger partial charge in [-0.25, -0.2) is 18.4 Å². The van der Waals surface area contributed by atoms with Gasteiger partial charge in [-0.05, 0) is 48.7 Å². The van der Waals surface area contributed by atoms with Gasteiger partial charge >= 0.3 is 0 Å². The maximum atomic E-state index is 11.7. The molecule has 0 aliphatic heterocycles. The second-order valence-corrected chi connectivity index (χ2v) is 10.5. The zero-order valence-electron chi connectivity index (χ0n) is 15.5. The summed E-state index contributed by atoms with van der Waals surface area (Å²) in [6.45, 7) is 1.88. The van der Waals surface area contributed by atoms with Crippen LogP contribution in [-0.4, -0.2) is 36.0 Å². The van der Waals surface area contributed by atoms with Crippen LogP contribution in [0.2, 0.25) is 5.15 Å². The maximum absolute atomic E-state index is 11.7. The fraction of sp³-hybridized carbons (Fsp3) is 0.556. The van der Waals surface area contributed by atoms with E-state index in [0.29, 0.717) is 35.0 Å². The van der Waals surface area contributed by atoms with Crippen molar-refractivity contribution in [2.45, 2.75) is 49.5 Å². The molecule has 0 aromatic carbocycles. The number of halogens is 1. The summed E-state index contributed by atoms with van der Waals surface area (Å²) in [6, 6.07) is 3.58. The van der Waals surface area contributed by atoms with Gasteiger partial charge in [0.05, 0.1) is 21.9 Å². The molecule has 0 saturated heterocycles. The van der Waals surface area contributed by atoms with Crippen molar-refractivity contribution in [1.82, 2.24) is 9.97 Å². The number of sulfone groups is 1. The first-order valence-corrected chi connectivity index (χ1v) is 11.4. The van der Waals surface area contributed by atoms with Gasteiger partial charge in [0.2, 0.25) is 5.88 Å². The molecule has 2 fully saturated rings. The van der Waals surface area contributed by atoms with Crippen molar-refractivity contribution in [2.75, 3.05) is 6.26 Å². The SMILES string of the molecule is C[C@](N=[N+]=[N-])(c1cc2cc(Cl)ncc2c(OC2CC(S(C)(=O)=O)C2)n1)C1CC1. The van der Waals surface area contributed by atoms with Crippen LogP contribution in [0.3, 0.4) is 0 Å². The first-order valence-electron chi connectivity index (χ1n) is 9.09. The molecule has 2 aromatic heterocycles. The van der Waals surface area contributed by atoms with Gasteiger partial charge in [0.1, 0.15) is 11.3 Å². The minimum atomic E-state index is -3.07. The van der Waals surface area contributed by atoms with E-state index in [0.717, 1.165) is 18.2 Å². The molecular weight excluding hydrogens is 402 g/mol. The highest BCUT2D eigenvalue weighted by Gasteiger charge is 2.44. The number of rotatable bonds is 6. The Morgan fingerprint density at radius 3 is 2.68 bits per heavy atom. The molecule has 0 spiro atoms. The lowest BCUT2D eigenvalue weighted by Gasteiger charge is -2.34. The summed E-state index contributed by atoms with van der Waals surface area (Å²) in [5.74, 6) is 0.602. The lowest BCUT2D eigenvalue weighted by Crippen LogP contribution is -2.42. The fourth-order valence-electron chi connectivity index (χ4n) is 3.64. The standard InChI is InChI=1S/C18H20ClN5O3S/c1-18(23-24-20,11-3-4-11)15-5-10-6-16(19)21-9-14(10)17(22-15)27-12-7-13(8-12)28(2,25)26/h5-6,9,11-13H,3-4,7-8H2,1-2H3/t12?,13?,18-/m1/s1. The molecule has 0 bridgehead atoms. The molecule has 0 N–H and O–H groups in total. The van der Waals surface area contributed by atoms with E-state index in [1.54, 1.807) is 12.3 Å². The molecule has 4 rings (SSSR count). The lowest BCUT2D eigenvalue weighted by molar-refractivity contribution is 0.119. The average Bonchev–Trinajstić information content (AvgIpc) is 3.41. The van der Waals surface area contributed by atoms with Crippen molar-refractivity contribution in [1.29, 1.82) is 0 Å². The second-order valence-electron chi connectivity index (χ2n) is 7.81. The summed E-state index contributed by atoms with van der Waals surface area (Å²) in [4.78, 5) is 11.8. The number of nitrogens with zero attached hydrogens (tertiary/aromatic N) is 5. The van der Waals surface area contributed by atoms with E-state index in [1.807, 2.05) is 13.0 Å². The van der Waals surface area contributed by atoms with E-state index in [2.05, 4.69) is 20.0 Å². The van der Waals surface area contributed by atoms with Gasteiger partial charge in [-0.1, -0.05) is 16.7 Å². The molecule has 2 aliphatic rings. The van der Waals surface area contributed by atoms with Crippen molar-refractivity contribution in [3.05, 3.63) is 39.6 Å². The third-order valence-electron chi connectivity index (χ3n) is 5.73. The molecule has 148 valence electrons. The molecular formula is C18H20ClN5O3S. The monoisotopic (exact) mass is 421 g/mol. The quantitative estimate of drug-likeness (QED) is 0.300. The van der Waals surface area contributed by atoms with E-state index in [9.17, 15) is 8.42 Å². The van der Waals surface area contributed by atoms with E-state index in [1.165, 1.54) is 6.26 Å². The zero-order valence-corrected chi connectivity index (χ0v) is 17.1. The van der Waals surface area contributed by atoms with Crippen LogP contribution in [-0.2, 0) is 15.4 Å². The Hall–Kier alpha value is -2.09. The van der Waals surface area contributed by atoms with Gasteiger partial charge in [-0.2, -0.15) is 0 Å². The highest BCUT2D eigenvalue weighted by molar-refractivity contribution is 7.91. The van der Waals surface area contributed by atoms with Crippen LogP contribution >= 0.6 is 11.6 Å². The summed E-state index contributed by atoms with van der Waals surface area (Å²) in [5.41, 5.74) is 8.93. The second kappa shape index (κ2) is 6.76. The summed E-state index contributed by atoms with van der Waals surface area (Å²) in [7, 11) is -3.07. The minimum absolute atomic E-state index is 0.229. The molecule has 8 nitrogen and oxygen atoms in total. The number of pyridine rings is 2. The number of aromatic nitrogens is 2. The van der Waals surface area contributed by atoms with Crippen LogP contribution in [0.25, 0.3) is 21.2 Å². The Bertz CT molecular complexity index is 1090. The Morgan fingerprint density at radius 1 is 1.36 bits per heavy atom. The van der Waals surface area contributed by atoms with Crippen LogP contribution < -0.4 is 4.74 Å². The first kappa shape index (κ1) is 19.2. The van der Waals surface area contributed by atoms with Crippen molar-refractivity contribution >= 4 is 32.2 Å². The summed E-state index contributed by atoms with van der Waals surface area (Å²) in [6.07, 6.45) is 5.43. The number of fused-ring (bicyclic) bond motifs is 1. The molecule has 28 heavy (non-hydrogen) atoms. The maximum Gasteiger partial charge on any atom is 0.223 e. The van der Waals surface area contributed by atoms with Gasteiger partial charge in [0.15, 0.2) is 9.84 Å². The largest absolute Gasteiger partial charge is 0.474 e. The summed E-state index contributed by atoms with van der Waals surface area (Å²) in [5, 5.41) is 5.50. The van der Waals surface area contributed by atoms with Crippen molar-refractivity contribution in [2.24, 2.45) is 11.0 Å². The van der Waals surface area contributed by atoms with Gasteiger partial charge in [-0.15, -0.1) is 0 Å². The normalized spacial score (nSPS) is 24.1. The molecule has 10 heteroatoms. The number of ether oxygens (including phenoxy) is 1. The lowest BCUT2D eigenvalue weighted by atomic mass is 9.91. The smallest absolute Gasteiger partial charge is 0.223 e. The number of azide groups is 1. The Labute approximate surface area is 167 Å². The molecule has 2 saturated carbocycles. The highest BCUT2D eigenvalue weighted by atomic mass is 35.5. The molecule has 0 unspecified atom stereocenters. The Morgan fingerprint density at radius 2 is 2.07 bits per heavy atom. The Balaban J connectivity index is 1.74. The number of hydrogen-bond donors (Lipinski definition) is 0. The van der Waals surface area contributed by atoms with Crippen LogP contribution in [0.4, 0.5) is 0 Å². The van der Waals surface area contributed by atoms with Crippen LogP contribution in [0.5, 0.6) is 5.88 Å². The topological polar surface area (TPSA) is 118 Å². The molecule has 0 amide bonds. The minimum Gasteiger partial charge on any atom is -0.474 e. The molecule has 2 aromatic rings. The average molecular weight is 422 g/mol. The molecule has 2 aliphatic carbocycles. The van der Waals surface area contributed by atoms with Crippen molar-refractivity contribution < 1.29 is 13.2 Å². The predicted octanol–water partition coefficient (Wildman–Crippen LogP) is 4.17. The number of hydrogen-bond acceptors (Lipinski definition) is 6. The molecule has 1 atom stereocenters. The van der Waals surface area contributed by atoms with Gasteiger partial charge in [0.25, 0.3) is 0 Å². The van der Waals surface area contributed by atoms with Gasteiger partial charge in [-0.3, -0.25) is 0 Å². The van der Waals surface area contributed by atoms with Crippen molar-refractivity contribution in [3.8, 4) is 5.88 Å². The Kier molecular flexibility index (Phi) is 4.64. The molecule has 0 radical (unpaired) electrons. The first-order chi connectivity index (χ1) is 13.2. The van der Waals surface area contributed by atoms with E-state index in [4.69, 9.17) is 21.9 Å². The van der Waals surface area contributed by atoms with Crippen LogP contribution in [0.1, 0.15) is 38.3 Å². The highest BCUT2D eigenvalue weighted by Crippen LogP contribution is 2.49. The van der Waals surface area contributed by atoms with Crippen LogP contribution in [0.15, 0.2) is 23.4 Å². The van der Waals surface area contributed by atoms with E-state index < -0.39 is 15.4 Å². The van der Waals surface area contributed by atoms with E-state index >= 15 is 0 Å². The third kappa shape index (κ3) is 3.50. The van der Waals surface area contributed by atoms with Crippen LogP contribution in [0, 0.1) is 5.92 Å². The fourth-order valence-corrected chi connectivity index (χ4v) is 4.94. The van der Waals surface area contributed by atoms with E-state index in [-0.39, 0.29) is 17.3 Å². The van der Waals surface area contributed by atoms with Gasteiger partial charge < -0.3 is 4.74 Å².